The van der Waals surface area contributed by atoms with Crippen LogP contribution in [0.25, 0.3) is 11.3 Å². The lowest BCUT2D eigenvalue weighted by molar-refractivity contribution is -0.142. The van der Waals surface area contributed by atoms with Crippen molar-refractivity contribution < 1.29 is 24.0 Å². The summed E-state index contributed by atoms with van der Waals surface area (Å²) in [5.74, 6) is 0.285. The molecule has 0 bridgehead atoms. The summed E-state index contributed by atoms with van der Waals surface area (Å²) in [5.41, 5.74) is 2.90. The molecule has 3 heterocycles. The van der Waals surface area contributed by atoms with Gasteiger partial charge in [-0.1, -0.05) is 52.0 Å². The second-order valence-electron chi connectivity index (χ2n) is 15.3. The van der Waals surface area contributed by atoms with E-state index in [0.29, 0.717) is 32.5 Å². The van der Waals surface area contributed by atoms with Crippen molar-refractivity contribution in [2.45, 2.75) is 110 Å². The average molecular weight is 688 g/mol. The van der Waals surface area contributed by atoms with Gasteiger partial charge < -0.3 is 30.7 Å². The van der Waals surface area contributed by atoms with Crippen LogP contribution in [-0.4, -0.2) is 87.1 Å². The molecular formula is C38H53N7O5. The summed E-state index contributed by atoms with van der Waals surface area (Å²) < 4.78 is 0. The molecule has 2 aliphatic carbocycles. The number of hydrogen-bond donors (Lipinski definition) is 4. The van der Waals surface area contributed by atoms with E-state index in [0.717, 1.165) is 67.6 Å². The van der Waals surface area contributed by atoms with Crippen LogP contribution in [0.15, 0.2) is 30.5 Å². The fraction of sp³-hybridized carbons (Fsp3) is 0.632. The molecule has 2 aromatic rings. The average Bonchev–Trinajstić information content (AvgIpc) is 3.97. The second-order valence-corrected chi connectivity index (χ2v) is 15.3. The van der Waals surface area contributed by atoms with Crippen LogP contribution in [0.4, 0.5) is 0 Å². The third-order valence-corrected chi connectivity index (χ3v) is 10.6. The first kappa shape index (κ1) is 35.6. The molecule has 0 unspecified atom stereocenters. The molecule has 2 aliphatic heterocycles. The lowest BCUT2D eigenvalue weighted by Crippen LogP contribution is -2.55. The highest BCUT2D eigenvalue weighted by Gasteiger charge is 2.41. The van der Waals surface area contributed by atoms with Gasteiger partial charge in [-0.25, -0.2) is 4.98 Å². The third-order valence-electron chi connectivity index (χ3n) is 10.6. The number of nitrogens with zero attached hydrogens (tertiary/aromatic N) is 3. The monoisotopic (exact) mass is 687 g/mol. The van der Waals surface area contributed by atoms with E-state index in [4.69, 9.17) is 0 Å². The zero-order chi connectivity index (χ0) is 35.5. The van der Waals surface area contributed by atoms with Crippen LogP contribution in [0.5, 0.6) is 0 Å². The van der Waals surface area contributed by atoms with E-state index < -0.39 is 18.1 Å². The number of imidazole rings is 1. The number of H-pyrrole nitrogens is 1. The summed E-state index contributed by atoms with van der Waals surface area (Å²) in [6, 6.07) is 6.25. The quantitative estimate of drug-likeness (QED) is 0.238. The molecule has 50 heavy (non-hydrogen) atoms. The number of hydrogen-bond acceptors (Lipinski definition) is 6. The van der Waals surface area contributed by atoms with Gasteiger partial charge in [-0.2, -0.15) is 0 Å². The Morgan fingerprint density at radius 1 is 0.760 bits per heavy atom. The van der Waals surface area contributed by atoms with E-state index in [1.54, 1.807) is 11.1 Å². The minimum atomic E-state index is -0.622. The number of carbonyl (C=O) groups is 5. The first-order valence-electron chi connectivity index (χ1n) is 18.7. The van der Waals surface area contributed by atoms with E-state index in [1.165, 1.54) is 0 Å². The fourth-order valence-electron chi connectivity index (χ4n) is 7.19. The maximum absolute atomic E-state index is 13.6. The zero-order valence-electron chi connectivity index (χ0n) is 29.9. The van der Waals surface area contributed by atoms with Crippen LogP contribution in [-0.2, 0) is 30.4 Å². The predicted octanol–water partition coefficient (Wildman–Crippen LogP) is 3.49. The van der Waals surface area contributed by atoms with Crippen molar-refractivity contribution in [3.8, 4) is 11.3 Å². The Balaban J connectivity index is 1.01. The van der Waals surface area contributed by atoms with Crippen LogP contribution in [0.1, 0.15) is 96.5 Å². The largest absolute Gasteiger partial charge is 0.354 e. The molecule has 4 fully saturated rings. The van der Waals surface area contributed by atoms with Crippen molar-refractivity contribution >= 4 is 29.5 Å². The van der Waals surface area contributed by atoms with Gasteiger partial charge in [0.1, 0.15) is 23.9 Å². The topological polar surface area (TPSA) is 157 Å². The Labute approximate surface area is 294 Å². The fourth-order valence-corrected chi connectivity index (χ4v) is 7.19. The van der Waals surface area contributed by atoms with Crippen LogP contribution >= 0.6 is 0 Å². The molecule has 0 radical (unpaired) electrons. The van der Waals surface area contributed by atoms with Gasteiger partial charge in [-0.05, 0) is 80.8 Å². The van der Waals surface area contributed by atoms with Gasteiger partial charge in [0.2, 0.25) is 29.5 Å². The maximum atomic E-state index is 13.6. The molecular weight excluding hydrogens is 634 g/mol. The summed E-state index contributed by atoms with van der Waals surface area (Å²) in [6.45, 7) is 9.38. The molecule has 4 aliphatic rings. The van der Waals surface area contributed by atoms with Gasteiger partial charge in [-0.3, -0.25) is 24.0 Å². The Bertz CT molecular complexity index is 1560. The van der Waals surface area contributed by atoms with Crippen molar-refractivity contribution in [3.05, 3.63) is 41.9 Å². The summed E-state index contributed by atoms with van der Waals surface area (Å²) in [4.78, 5) is 76.8. The number of likely N-dealkylation sites (tertiary alicyclic amines) is 2. The Hall–Kier alpha value is -4.22. The van der Waals surface area contributed by atoms with Crippen LogP contribution < -0.4 is 16.0 Å². The minimum Gasteiger partial charge on any atom is -0.354 e. The molecule has 270 valence electrons. The van der Waals surface area contributed by atoms with Crippen molar-refractivity contribution in [3.63, 3.8) is 0 Å². The van der Waals surface area contributed by atoms with Gasteiger partial charge in [0.05, 0.1) is 17.9 Å². The van der Waals surface area contributed by atoms with Gasteiger partial charge in [0.15, 0.2) is 0 Å². The van der Waals surface area contributed by atoms with Crippen molar-refractivity contribution in [1.82, 2.24) is 35.7 Å². The first-order chi connectivity index (χ1) is 24.0. The summed E-state index contributed by atoms with van der Waals surface area (Å²) in [5, 5.41) is 8.98. The smallest absolute Gasteiger partial charge is 0.246 e. The lowest BCUT2D eigenvalue weighted by Gasteiger charge is -2.30. The Morgan fingerprint density at radius 3 is 1.90 bits per heavy atom. The molecule has 2 saturated heterocycles. The van der Waals surface area contributed by atoms with Gasteiger partial charge in [0.25, 0.3) is 0 Å². The van der Waals surface area contributed by atoms with Crippen molar-refractivity contribution in [2.24, 2.45) is 23.7 Å². The molecule has 6 rings (SSSR count). The van der Waals surface area contributed by atoms with Crippen LogP contribution in [0.3, 0.4) is 0 Å². The molecule has 4 atom stereocenters. The van der Waals surface area contributed by atoms with E-state index in [2.05, 4.69) is 25.9 Å². The van der Waals surface area contributed by atoms with Crippen molar-refractivity contribution in [2.75, 3.05) is 19.6 Å². The van der Waals surface area contributed by atoms with Gasteiger partial charge in [-0.15, -0.1) is 0 Å². The highest BCUT2D eigenvalue weighted by molar-refractivity contribution is 5.93. The highest BCUT2D eigenvalue weighted by Crippen LogP contribution is 2.34. The Kier molecular flexibility index (Phi) is 10.9. The highest BCUT2D eigenvalue weighted by atomic mass is 16.2. The summed E-state index contributed by atoms with van der Waals surface area (Å²) in [6.07, 6.45) is 9.05. The van der Waals surface area contributed by atoms with E-state index in [1.807, 2.05) is 56.9 Å². The van der Waals surface area contributed by atoms with E-state index in [9.17, 15) is 24.0 Å². The lowest BCUT2D eigenvalue weighted by atomic mass is 10.0. The molecule has 5 amide bonds. The number of nitrogens with one attached hydrogen (secondary N) is 4. The molecule has 4 N–H and O–H groups in total. The minimum absolute atomic E-state index is 0.0126. The summed E-state index contributed by atoms with van der Waals surface area (Å²) >= 11 is 0. The normalized spacial score (nSPS) is 21.7. The molecule has 12 nitrogen and oxygen atoms in total. The number of aromatic nitrogens is 2. The Morgan fingerprint density at radius 2 is 1.32 bits per heavy atom. The second kappa shape index (κ2) is 15.3. The first-order valence-corrected chi connectivity index (χ1v) is 18.7. The van der Waals surface area contributed by atoms with Crippen LogP contribution in [0, 0.1) is 23.7 Å². The van der Waals surface area contributed by atoms with Gasteiger partial charge >= 0.3 is 0 Å². The number of benzene rings is 1. The third kappa shape index (κ3) is 8.21. The molecule has 1 aromatic carbocycles. The maximum Gasteiger partial charge on any atom is 0.246 e. The number of carbonyl (C=O) groups excluding carboxylic acids is 5. The van der Waals surface area contributed by atoms with Crippen LogP contribution in [0.2, 0.25) is 0 Å². The van der Waals surface area contributed by atoms with Gasteiger partial charge in [0, 0.05) is 31.5 Å². The molecule has 0 spiro atoms. The number of amides is 5. The van der Waals surface area contributed by atoms with E-state index in [-0.39, 0.29) is 59.2 Å². The van der Waals surface area contributed by atoms with Crippen molar-refractivity contribution in [1.29, 1.82) is 0 Å². The number of aromatic amines is 1. The summed E-state index contributed by atoms with van der Waals surface area (Å²) in [7, 11) is 0. The molecule has 12 heteroatoms. The predicted molar refractivity (Wildman–Crippen MR) is 188 cm³/mol. The zero-order valence-corrected chi connectivity index (χ0v) is 29.9. The number of rotatable bonds is 14. The van der Waals surface area contributed by atoms with E-state index >= 15 is 0 Å². The molecule has 1 aromatic heterocycles. The SMILES string of the molecule is CC(C)[C@@H](NC(=O)C1CC1)C(=O)N1CCC[C@H]1C(=O)NCCc1ccc(-c2cnc([C@@H]3CCCN3C(=O)[C@H](NC(=O)C3CC3)C(C)C)[nH]2)cc1. The molecule has 2 saturated carbocycles. The standard InChI is InChI=1S/C38H53N7O5/c1-22(2)31(42-34(46)26-13-14-26)37(49)44-19-5-7-29(44)33-40-21-28(41-33)25-11-9-24(10-12-25)17-18-39-36(48)30-8-6-20-45(30)38(50)32(23(3)4)43-35(47)27-15-16-27/h9-12,21-23,26-27,29-32H,5-8,13-20H2,1-4H3,(H,39,48)(H,40,41)(H,42,46)(H,43,47)/t29-,30-,31+,32+/m0/s1.